The van der Waals surface area contributed by atoms with Crippen molar-refractivity contribution in [3.63, 3.8) is 0 Å². The third-order valence-electron chi connectivity index (χ3n) is 4.61. The molecule has 26 heavy (non-hydrogen) atoms. The van der Waals surface area contributed by atoms with Gasteiger partial charge in [0.2, 0.25) is 0 Å². The first-order valence-electron chi connectivity index (χ1n) is 9.22. The molecule has 0 rings (SSSR count). The van der Waals surface area contributed by atoms with E-state index >= 15 is 0 Å². The minimum Gasteiger partial charge on any atom is -0.516 e. The molecule has 6 nitrogen and oxygen atoms in total. The minimum atomic E-state index is -2.41. The van der Waals surface area contributed by atoms with E-state index in [9.17, 15) is 14.4 Å². The van der Waals surface area contributed by atoms with Gasteiger partial charge in [-0.1, -0.05) is 54.9 Å². The Hall–Kier alpha value is -1.63. The predicted molar refractivity (Wildman–Crippen MR) is 103 cm³/mol. The highest BCUT2D eigenvalue weighted by Gasteiger charge is 2.49. The fourth-order valence-corrected chi connectivity index (χ4v) is 8.65. The van der Waals surface area contributed by atoms with Gasteiger partial charge in [0, 0.05) is 12.2 Å². The fourth-order valence-electron chi connectivity index (χ4n) is 3.46. The van der Waals surface area contributed by atoms with Gasteiger partial charge in [0.15, 0.2) is 6.10 Å². The Morgan fingerprint density at radius 3 is 1.73 bits per heavy atom. The van der Waals surface area contributed by atoms with Crippen LogP contribution < -0.4 is 0 Å². The SMILES string of the molecule is CCCC(OC(=O)C=CC(=O)OC)C(=O)O[Si](C(C)C)(C(C)C)C(C)C. The van der Waals surface area contributed by atoms with Crippen LogP contribution in [0.3, 0.4) is 0 Å². The standard InChI is InChI=1S/C19H34O6Si/c1-9-10-16(24-18(21)12-11-17(20)23-8)19(22)25-26(13(2)3,14(4)5)15(6)7/h11-16H,9-10H2,1-8H3. The van der Waals surface area contributed by atoms with E-state index in [2.05, 4.69) is 46.3 Å². The summed E-state index contributed by atoms with van der Waals surface area (Å²) in [7, 11) is -1.20. The van der Waals surface area contributed by atoms with Crippen LogP contribution in [0, 0.1) is 0 Å². The fraction of sp³-hybridized carbons (Fsp3) is 0.737. The molecule has 0 amide bonds. The van der Waals surface area contributed by atoms with Gasteiger partial charge >= 0.3 is 17.9 Å². The van der Waals surface area contributed by atoms with Gasteiger partial charge in [0.1, 0.15) is 0 Å². The molecule has 0 saturated carbocycles. The molecule has 0 N–H and O–H groups in total. The van der Waals surface area contributed by atoms with Crippen LogP contribution in [-0.4, -0.2) is 39.4 Å². The average Bonchev–Trinajstić information content (AvgIpc) is 2.55. The first kappa shape index (κ1) is 24.4. The van der Waals surface area contributed by atoms with Gasteiger partial charge in [-0.25, -0.2) is 14.4 Å². The molecule has 0 aliphatic heterocycles. The van der Waals surface area contributed by atoms with E-state index < -0.39 is 32.3 Å². The molecular weight excluding hydrogens is 352 g/mol. The third-order valence-corrected chi connectivity index (χ3v) is 10.6. The molecule has 0 aromatic heterocycles. The van der Waals surface area contributed by atoms with E-state index in [4.69, 9.17) is 9.16 Å². The molecule has 0 radical (unpaired) electrons. The molecule has 150 valence electrons. The van der Waals surface area contributed by atoms with Gasteiger partial charge in [-0.05, 0) is 23.0 Å². The average molecular weight is 387 g/mol. The minimum absolute atomic E-state index is 0.239. The third kappa shape index (κ3) is 6.59. The molecule has 0 spiro atoms. The normalized spacial score (nSPS) is 13.3. The molecule has 1 unspecified atom stereocenters. The molecule has 0 aliphatic rings. The van der Waals surface area contributed by atoms with Crippen molar-refractivity contribution in [2.24, 2.45) is 0 Å². The summed E-state index contributed by atoms with van der Waals surface area (Å²) in [6.45, 7) is 14.4. The van der Waals surface area contributed by atoms with Crippen LogP contribution in [-0.2, 0) is 28.3 Å². The molecule has 0 aromatic carbocycles. The van der Waals surface area contributed by atoms with Crippen LogP contribution >= 0.6 is 0 Å². The Morgan fingerprint density at radius 1 is 0.885 bits per heavy atom. The number of methoxy groups -OCH3 is 1. The topological polar surface area (TPSA) is 78.9 Å². The Bertz CT molecular complexity index is 488. The molecule has 0 aromatic rings. The first-order chi connectivity index (χ1) is 12.0. The number of rotatable bonds is 10. The van der Waals surface area contributed by atoms with E-state index in [1.54, 1.807) is 0 Å². The lowest BCUT2D eigenvalue weighted by molar-refractivity contribution is -0.160. The number of hydrogen-bond donors (Lipinski definition) is 0. The zero-order valence-electron chi connectivity index (χ0n) is 17.3. The van der Waals surface area contributed by atoms with Crippen LogP contribution in [0.15, 0.2) is 12.2 Å². The second-order valence-electron chi connectivity index (χ2n) is 7.31. The second-order valence-corrected chi connectivity index (χ2v) is 12.7. The van der Waals surface area contributed by atoms with Gasteiger partial charge in [-0.15, -0.1) is 0 Å². The molecule has 0 fully saturated rings. The first-order valence-corrected chi connectivity index (χ1v) is 11.4. The Balaban J connectivity index is 5.36. The van der Waals surface area contributed by atoms with Crippen molar-refractivity contribution in [2.45, 2.75) is 84.0 Å². The predicted octanol–water partition coefficient (Wildman–Crippen LogP) is 4.15. The Morgan fingerprint density at radius 2 is 1.35 bits per heavy atom. The second kappa shape index (κ2) is 11.2. The van der Waals surface area contributed by atoms with Crippen LogP contribution in [0.1, 0.15) is 61.3 Å². The number of esters is 2. The van der Waals surface area contributed by atoms with Crippen molar-refractivity contribution < 1.29 is 28.3 Å². The monoisotopic (exact) mass is 386 g/mol. The van der Waals surface area contributed by atoms with E-state index in [-0.39, 0.29) is 16.6 Å². The maximum Gasteiger partial charge on any atom is 0.334 e. The van der Waals surface area contributed by atoms with Gasteiger partial charge in [0.05, 0.1) is 7.11 Å². The summed E-state index contributed by atoms with van der Waals surface area (Å²) in [5, 5.41) is 0. The number of hydrogen-bond acceptors (Lipinski definition) is 6. The summed E-state index contributed by atoms with van der Waals surface area (Å²) in [5.74, 6) is -1.92. The van der Waals surface area contributed by atoms with E-state index in [0.717, 1.165) is 12.2 Å². The molecule has 7 heteroatoms. The molecule has 0 saturated heterocycles. The summed E-state index contributed by atoms with van der Waals surface area (Å²) < 4.78 is 15.8. The van der Waals surface area contributed by atoms with E-state index in [1.165, 1.54) is 7.11 Å². The summed E-state index contributed by atoms with van der Waals surface area (Å²) in [6.07, 6.45) is 1.98. The van der Waals surface area contributed by atoms with E-state index in [0.29, 0.717) is 12.8 Å². The van der Waals surface area contributed by atoms with Crippen molar-refractivity contribution in [3.05, 3.63) is 12.2 Å². The summed E-state index contributed by atoms with van der Waals surface area (Å²) >= 11 is 0. The highest BCUT2D eigenvalue weighted by Crippen LogP contribution is 2.42. The number of carbonyl (C=O) groups excluding carboxylic acids is 3. The van der Waals surface area contributed by atoms with Gasteiger partial charge in [-0.3, -0.25) is 0 Å². The van der Waals surface area contributed by atoms with Crippen LogP contribution in [0.5, 0.6) is 0 Å². The summed E-state index contributed by atoms with van der Waals surface area (Å²) in [4.78, 5) is 35.8. The van der Waals surface area contributed by atoms with Crippen molar-refractivity contribution in [2.75, 3.05) is 7.11 Å². The van der Waals surface area contributed by atoms with Crippen LogP contribution in [0.4, 0.5) is 0 Å². The lowest BCUT2D eigenvalue weighted by Gasteiger charge is -2.41. The maximum absolute atomic E-state index is 12.8. The highest BCUT2D eigenvalue weighted by molar-refractivity contribution is 6.79. The number of ether oxygens (including phenoxy) is 2. The van der Waals surface area contributed by atoms with Crippen molar-refractivity contribution >= 4 is 26.2 Å². The van der Waals surface area contributed by atoms with Crippen molar-refractivity contribution in [1.29, 1.82) is 0 Å². The molecule has 0 aliphatic carbocycles. The smallest absolute Gasteiger partial charge is 0.334 e. The maximum atomic E-state index is 12.8. The van der Waals surface area contributed by atoms with Crippen molar-refractivity contribution in [3.8, 4) is 0 Å². The Kier molecular flexibility index (Phi) is 10.5. The van der Waals surface area contributed by atoms with Gasteiger partial charge in [0.25, 0.3) is 8.32 Å². The zero-order chi connectivity index (χ0) is 20.5. The molecule has 0 heterocycles. The van der Waals surface area contributed by atoms with Gasteiger partial charge in [-0.2, -0.15) is 0 Å². The molecule has 0 bridgehead atoms. The highest BCUT2D eigenvalue weighted by atomic mass is 28.4. The van der Waals surface area contributed by atoms with Gasteiger partial charge < -0.3 is 13.9 Å². The molecular formula is C19H34O6Si. The molecule has 1 atom stereocenters. The largest absolute Gasteiger partial charge is 0.516 e. The lowest BCUT2D eigenvalue weighted by atomic mass is 10.2. The van der Waals surface area contributed by atoms with E-state index in [1.807, 2.05) is 6.92 Å². The van der Waals surface area contributed by atoms with Crippen molar-refractivity contribution in [1.82, 2.24) is 0 Å². The lowest BCUT2D eigenvalue weighted by Crippen LogP contribution is -2.51. The summed E-state index contributed by atoms with van der Waals surface area (Å²) in [5.41, 5.74) is 0.718. The zero-order valence-corrected chi connectivity index (χ0v) is 18.3. The quantitative estimate of drug-likeness (QED) is 0.319. The summed E-state index contributed by atoms with van der Waals surface area (Å²) in [6, 6.07) is 0. The Labute approximate surface area is 158 Å². The van der Waals surface area contributed by atoms with Crippen LogP contribution in [0.2, 0.25) is 16.6 Å². The number of carbonyl (C=O) groups is 3. The van der Waals surface area contributed by atoms with Crippen LogP contribution in [0.25, 0.3) is 0 Å².